The molecule has 142 valence electrons. The Morgan fingerprint density at radius 3 is 2.46 bits per heavy atom. The molecule has 1 aliphatic heterocycles. The first-order valence-electron chi connectivity index (χ1n) is 8.85. The summed E-state index contributed by atoms with van der Waals surface area (Å²) in [6.45, 7) is 3.82. The fourth-order valence-corrected chi connectivity index (χ4v) is 3.37. The van der Waals surface area contributed by atoms with E-state index in [0.717, 1.165) is 19.3 Å². The van der Waals surface area contributed by atoms with E-state index >= 15 is 0 Å². The number of nitrogens with zero attached hydrogens (tertiary/aromatic N) is 1. The fraction of sp³-hybridized carbons (Fsp3) is 0.500. The number of carbonyl (C=O) groups excluding carboxylic acids is 2. The van der Waals surface area contributed by atoms with Crippen LogP contribution in [0.15, 0.2) is 24.3 Å². The van der Waals surface area contributed by atoms with Gasteiger partial charge in [-0.25, -0.2) is 4.79 Å². The minimum atomic E-state index is -0.569. The predicted octanol–water partition coefficient (Wildman–Crippen LogP) is 3.05. The van der Waals surface area contributed by atoms with Crippen molar-refractivity contribution in [1.82, 2.24) is 4.90 Å². The Hall–Kier alpha value is -2.50. The van der Waals surface area contributed by atoms with Gasteiger partial charge < -0.3 is 19.1 Å². The molecule has 1 fully saturated rings. The molecule has 1 amide bonds. The van der Waals surface area contributed by atoms with E-state index in [0.29, 0.717) is 17.1 Å². The topological polar surface area (TPSA) is 65.1 Å². The molecule has 6 nitrogen and oxygen atoms in total. The number of hydrogen-bond acceptors (Lipinski definition) is 5. The van der Waals surface area contributed by atoms with Gasteiger partial charge in [-0.15, -0.1) is 0 Å². The Kier molecular flexibility index (Phi) is 7.06. The van der Waals surface area contributed by atoms with Crippen molar-refractivity contribution in [3.8, 4) is 11.5 Å². The number of piperidine rings is 1. The molecular formula is C20H27NO5. The third-order valence-electron chi connectivity index (χ3n) is 4.65. The molecule has 2 rings (SSSR count). The average molecular weight is 361 g/mol. The van der Waals surface area contributed by atoms with Gasteiger partial charge in [-0.05, 0) is 45.3 Å². The van der Waals surface area contributed by atoms with Crippen LogP contribution < -0.4 is 9.47 Å². The highest BCUT2D eigenvalue weighted by Crippen LogP contribution is 2.31. The lowest BCUT2D eigenvalue weighted by atomic mass is 9.97. The summed E-state index contributed by atoms with van der Waals surface area (Å²) < 4.78 is 15.7. The predicted molar refractivity (Wildman–Crippen MR) is 99.2 cm³/mol. The summed E-state index contributed by atoms with van der Waals surface area (Å²) in [6.07, 6.45) is 5.96. The van der Waals surface area contributed by atoms with Crippen LogP contribution in [0.3, 0.4) is 0 Å². The quantitative estimate of drug-likeness (QED) is 0.576. The second-order valence-electron chi connectivity index (χ2n) is 6.45. The number of amides is 1. The molecule has 0 radical (unpaired) electrons. The molecule has 0 spiro atoms. The summed E-state index contributed by atoms with van der Waals surface area (Å²) in [4.78, 5) is 26.2. The maximum Gasteiger partial charge on any atom is 0.331 e. The van der Waals surface area contributed by atoms with Crippen molar-refractivity contribution >= 4 is 18.0 Å². The molecule has 0 unspecified atom stereocenters. The fourth-order valence-electron chi connectivity index (χ4n) is 3.37. The van der Waals surface area contributed by atoms with Gasteiger partial charge in [0.1, 0.15) is 0 Å². The zero-order valence-corrected chi connectivity index (χ0v) is 15.9. The second kappa shape index (κ2) is 9.27. The molecule has 6 heteroatoms. The number of esters is 1. The second-order valence-corrected chi connectivity index (χ2v) is 6.45. The molecule has 0 aliphatic carbocycles. The summed E-state index contributed by atoms with van der Waals surface area (Å²) in [5, 5.41) is 0. The van der Waals surface area contributed by atoms with Gasteiger partial charge in [-0.1, -0.05) is 12.1 Å². The Balaban J connectivity index is 1.95. The summed E-state index contributed by atoms with van der Waals surface area (Å²) in [5.41, 5.74) is 0.688. The van der Waals surface area contributed by atoms with Crippen LogP contribution in [-0.2, 0) is 14.3 Å². The standard InChI is InChI=1S/C20H27NO5/c1-14-7-5-8-15(2)21(14)18(22)13-26-19(23)12-11-16-9-6-10-17(24-3)20(16)25-4/h6,9-12,14-15H,5,7-8,13H2,1-4H3/b12-11+/t14-,15+. The number of methoxy groups -OCH3 is 2. The van der Waals surface area contributed by atoms with E-state index in [4.69, 9.17) is 14.2 Å². The van der Waals surface area contributed by atoms with Gasteiger partial charge in [0.15, 0.2) is 18.1 Å². The third kappa shape index (κ3) is 4.77. The minimum Gasteiger partial charge on any atom is -0.493 e. The largest absolute Gasteiger partial charge is 0.493 e. The number of benzene rings is 1. The average Bonchev–Trinajstić information content (AvgIpc) is 2.63. The van der Waals surface area contributed by atoms with Crippen molar-refractivity contribution in [3.05, 3.63) is 29.8 Å². The van der Waals surface area contributed by atoms with Crippen LogP contribution >= 0.6 is 0 Å². The first-order valence-corrected chi connectivity index (χ1v) is 8.85. The molecule has 1 saturated heterocycles. The number of likely N-dealkylation sites (tertiary alicyclic amines) is 1. The van der Waals surface area contributed by atoms with Crippen molar-refractivity contribution in [1.29, 1.82) is 0 Å². The molecule has 0 N–H and O–H groups in total. The van der Waals surface area contributed by atoms with Crippen LogP contribution in [0.25, 0.3) is 6.08 Å². The van der Waals surface area contributed by atoms with Gasteiger partial charge in [-0.2, -0.15) is 0 Å². The Morgan fingerprint density at radius 2 is 1.85 bits per heavy atom. The SMILES string of the molecule is COc1cccc(/C=C/C(=O)OCC(=O)N2[C@H](C)CCC[C@@H]2C)c1OC. The van der Waals surface area contributed by atoms with Crippen LogP contribution in [0.4, 0.5) is 0 Å². The molecule has 26 heavy (non-hydrogen) atoms. The number of ether oxygens (including phenoxy) is 3. The van der Waals surface area contributed by atoms with Crippen molar-refractivity contribution in [3.63, 3.8) is 0 Å². The zero-order valence-electron chi connectivity index (χ0n) is 15.9. The van der Waals surface area contributed by atoms with Crippen LogP contribution in [-0.4, -0.2) is 49.7 Å². The molecular weight excluding hydrogens is 334 g/mol. The summed E-state index contributed by atoms with van der Waals surface area (Å²) >= 11 is 0. The van der Waals surface area contributed by atoms with Crippen LogP contribution in [0.1, 0.15) is 38.7 Å². The van der Waals surface area contributed by atoms with E-state index in [1.807, 2.05) is 18.7 Å². The lowest BCUT2D eigenvalue weighted by Gasteiger charge is -2.38. The summed E-state index contributed by atoms with van der Waals surface area (Å²) in [7, 11) is 3.08. The van der Waals surface area contributed by atoms with E-state index in [-0.39, 0.29) is 24.6 Å². The first-order chi connectivity index (χ1) is 12.5. The Bertz CT molecular complexity index is 660. The molecule has 1 aromatic rings. The highest BCUT2D eigenvalue weighted by atomic mass is 16.5. The lowest BCUT2D eigenvalue weighted by molar-refractivity contribution is -0.151. The van der Waals surface area contributed by atoms with Crippen LogP contribution in [0.5, 0.6) is 11.5 Å². The third-order valence-corrected chi connectivity index (χ3v) is 4.65. The van der Waals surface area contributed by atoms with E-state index in [9.17, 15) is 9.59 Å². The summed E-state index contributed by atoms with van der Waals surface area (Å²) in [5.74, 6) is 0.392. The van der Waals surface area contributed by atoms with Gasteiger partial charge in [0.2, 0.25) is 0 Å². The molecule has 0 aromatic heterocycles. The van der Waals surface area contributed by atoms with E-state index in [2.05, 4.69) is 0 Å². The zero-order chi connectivity index (χ0) is 19.1. The normalized spacial score (nSPS) is 20.1. The first kappa shape index (κ1) is 19.8. The van der Waals surface area contributed by atoms with E-state index in [1.54, 1.807) is 31.4 Å². The van der Waals surface area contributed by atoms with Gasteiger partial charge in [0, 0.05) is 23.7 Å². The van der Waals surface area contributed by atoms with Gasteiger partial charge in [0.25, 0.3) is 5.91 Å². The number of rotatable bonds is 6. The maximum atomic E-state index is 12.4. The van der Waals surface area contributed by atoms with Crippen molar-refractivity contribution in [2.75, 3.05) is 20.8 Å². The number of carbonyl (C=O) groups is 2. The van der Waals surface area contributed by atoms with Crippen molar-refractivity contribution < 1.29 is 23.8 Å². The monoisotopic (exact) mass is 361 g/mol. The molecule has 1 aliphatic rings. The highest BCUT2D eigenvalue weighted by molar-refractivity contribution is 5.90. The number of para-hydroxylation sites is 1. The smallest absolute Gasteiger partial charge is 0.331 e. The van der Waals surface area contributed by atoms with Gasteiger partial charge in [-0.3, -0.25) is 4.79 Å². The summed E-state index contributed by atoms with van der Waals surface area (Å²) in [6, 6.07) is 5.74. The van der Waals surface area contributed by atoms with Gasteiger partial charge >= 0.3 is 5.97 Å². The lowest BCUT2D eigenvalue weighted by Crippen LogP contribution is -2.49. The molecule has 0 saturated carbocycles. The minimum absolute atomic E-state index is 0.148. The molecule has 1 aromatic carbocycles. The van der Waals surface area contributed by atoms with E-state index < -0.39 is 5.97 Å². The Morgan fingerprint density at radius 1 is 1.15 bits per heavy atom. The van der Waals surface area contributed by atoms with Crippen LogP contribution in [0.2, 0.25) is 0 Å². The van der Waals surface area contributed by atoms with Crippen molar-refractivity contribution in [2.45, 2.75) is 45.2 Å². The number of hydrogen-bond donors (Lipinski definition) is 0. The molecule has 2 atom stereocenters. The molecule has 1 heterocycles. The molecule has 0 bridgehead atoms. The van der Waals surface area contributed by atoms with Crippen LogP contribution in [0, 0.1) is 0 Å². The highest BCUT2D eigenvalue weighted by Gasteiger charge is 2.29. The Labute approximate surface area is 154 Å². The maximum absolute atomic E-state index is 12.4. The van der Waals surface area contributed by atoms with Crippen molar-refractivity contribution in [2.24, 2.45) is 0 Å². The van der Waals surface area contributed by atoms with E-state index in [1.165, 1.54) is 13.2 Å². The van der Waals surface area contributed by atoms with Gasteiger partial charge in [0.05, 0.1) is 14.2 Å².